The molecule has 0 atom stereocenters. The average molecular weight is 416 g/mol. The Morgan fingerprint density at radius 1 is 0.935 bits per heavy atom. The normalized spacial score (nSPS) is 14.4. The van der Waals surface area contributed by atoms with Crippen molar-refractivity contribution in [3.8, 4) is 17.2 Å². The fourth-order valence-corrected chi connectivity index (χ4v) is 3.41. The number of carbonyl (C=O) groups is 2. The van der Waals surface area contributed by atoms with Gasteiger partial charge in [-0.3, -0.25) is 9.59 Å². The van der Waals surface area contributed by atoms with Crippen LogP contribution < -0.4 is 19.7 Å². The zero-order valence-electron chi connectivity index (χ0n) is 17.5. The third-order valence-electron chi connectivity index (χ3n) is 4.96. The van der Waals surface area contributed by atoms with Gasteiger partial charge in [-0.15, -0.1) is 0 Å². The van der Waals surface area contributed by atoms with Crippen LogP contribution in [-0.4, -0.2) is 24.0 Å². The number of nitrogens with zero attached hydrogens (tertiary/aromatic N) is 1. The summed E-state index contributed by atoms with van der Waals surface area (Å²) in [4.78, 5) is 26.9. The van der Waals surface area contributed by atoms with Gasteiger partial charge in [-0.2, -0.15) is 0 Å². The second kappa shape index (κ2) is 8.52. The number of fused-ring (bicyclic) bond motifs is 1. The van der Waals surface area contributed by atoms with Crippen molar-refractivity contribution in [3.63, 3.8) is 0 Å². The van der Waals surface area contributed by atoms with Crippen molar-refractivity contribution < 1.29 is 19.1 Å². The van der Waals surface area contributed by atoms with Crippen LogP contribution in [-0.2, 0) is 9.59 Å². The van der Waals surface area contributed by atoms with Crippen LogP contribution in [0.3, 0.4) is 0 Å². The minimum atomic E-state index is -0.973. The van der Waals surface area contributed by atoms with E-state index in [2.05, 4.69) is 5.32 Å². The molecule has 0 unspecified atom stereocenters. The van der Waals surface area contributed by atoms with Crippen molar-refractivity contribution in [1.82, 2.24) is 0 Å². The molecule has 0 spiro atoms. The quantitative estimate of drug-likeness (QED) is 0.613. The van der Waals surface area contributed by atoms with E-state index in [1.807, 2.05) is 54.6 Å². The van der Waals surface area contributed by atoms with Crippen LogP contribution in [0.1, 0.15) is 20.3 Å². The summed E-state index contributed by atoms with van der Waals surface area (Å²) < 4.78 is 11.6. The third-order valence-corrected chi connectivity index (χ3v) is 4.96. The second-order valence-corrected chi connectivity index (χ2v) is 7.77. The first-order valence-corrected chi connectivity index (χ1v) is 10.2. The predicted octanol–water partition coefficient (Wildman–Crippen LogP) is 5.01. The highest BCUT2D eigenvalue weighted by Crippen LogP contribution is 2.37. The van der Waals surface area contributed by atoms with Crippen LogP contribution in [0.15, 0.2) is 78.9 Å². The number of carbonyl (C=O) groups excluding carboxylic acids is 2. The molecule has 6 nitrogen and oxygen atoms in total. The number of amides is 2. The molecule has 1 N–H and O–H groups in total. The van der Waals surface area contributed by atoms with Crippen molar-refractivity contribution >= 4 is 23.2 Å². The molecule has 6 heteroatoms. The summed E-state index contributed by atoms with van der Waals surface area (Å²) in [5, 5.41) is 2.87. The molecule has 31 heavy (non-hydrogen) atoms. The second-order valence-electron chi connectivity index (χ2n) is 7.77. The Bertz CT molecular complexity index is 1080. The van der Waals surface area contributed by atoms with Gasteiger partial charge in [0.15, 0.2) is 5.60 Å². The minimum Gasteiger partial charge on any atom is -0.476 e. The number of hydrogen-bond donors (Lipinski definition) is 1. The first kappa shape index (κ1) is 20.5. The average Bonchev–Trinajstić information content (AvgIpc) is 2.76. The van der Waals surface area contributed by atoms with Crippen molar-refractivity contribution in [2.45, 2.75) is 25.9 Å². The van der Waals surface area contributed by atoms with Gasteiger partial charge >= 0.3 is 0 Å². The molecule has 0 aromatic heterocycles. The highest BCUT2D eigenvalue weighted by atomic mass is 16.5. The Morgan fingerprint density at radius 2 is 1.58 bits per heavy atom. The molecule has 2 amide bonds. The molecule has 1 aliphatic rings. The van der Waals surface area contributed by atoms with E-state index in [9.17, 15) is 9.59 Å². The molecule has 0 aliphatic carbocycles. The van der Waals surface area contributed by atoms with E-state index in [1.165, 1.54) is 0 Å². The summed E-state index contributed by atoms with van der Waals surface area (Å²) in [7, 11) is 0. The van der Waals surface area contributed by atoms with E-state index in [0.717, 1.165) is 5.75 Å². The summed E-state index contributed by atoms with van der Waals surface area (Å²) >= 11 is 0. The first-order chi connectivity index (χ1) is 14.9. The molecular formula is C25H24N2O4. The number of rotatable bonds is 6. The lowest BCUT2D eigenvalue weighted by Gasteiger charge is -2.38. The number of benzene rings is 3. The smallest absolute Gasteiger partial charge is 0.270 e. The number of nitrogens with one attached hydrogen (secondary N) is 1. The van der Waals surface area contributed by atoms with E-state index >= 15 is 0 Å². The summed E-state index contributed by atoms with van der Waals surface area (Å²) in [6.07, 6.45) is 0.165. The highest BCUT2D eigenvalue weighted by molar-refractivity contribution is 6.03. The third kappa shape index (κ3) is 4.69. The molecule has 0 radical (unpaired) electrons. The highest BCUT2D eigenvalue weighted by Gasteiger charge is 2.40. The van der Waals surface area contributed by atoms with Crippen LogP contribution in [0.25, 0.3) is 0 Å². The van der Waals surface area contributed by atoms with Gasteiger partial charge in [-0.1, -0.05) is 30.3 Å². The Morgan fingerprint density at radius 3 is 2.32 bits per heavy atom. The summed E-state index contributed by atoms with van der Waals surface area (Å²) in [6, 6.07) is 24.0. The molecule has 0 bridgehead atoms. The van der Waals surface area contributed by atoms with E-state index in [4.69, 9.17) is 9.47 Å². The Labute approximate surface area is 181 Å². The van der Waals surface area contributed by atoms with Gasteiger partial charge in [-0.05, 0) is 62.4 Å². The van der Waals surface area contributed by atoms with Crippen molar-refractivity contribution in [3.05, 3.63) is 78.9 Å². The summed E-state index contributed by atoms with van der Waals surface area (Å²) in [6.45, 7) is 3.73. The van der Waals surface area contributed by atoms with Crippen molar-refractivity contribution in [1.29, 1.82) is 0 Å². The van der Waals surface area contributed by atoms with Crippen LogP contribution >= 0.6 is 0 Å². The minimum absolute atomic E-state index is 0.165. The monoisotopic (exact) mass is 416 g/mol. The SMILES string of the molecule is CC1(C)Oc2ccccc2N(CCC(=O)Nc2ccc(Oc3ccccc3)cc2)C1=O. The molecule has 158 valence electrons. The van der Waals surface area contributed by atoms with Gasteiger partial charge in [0.2, 0.25) is 5.91 Å². The number of hydrogen-bond acceptors (Lipinski definition) is 4. The fraction of sp³-hybridized carbons (Fsp3) is 0.200. The van der Waals surface area contributed by atoms with Gasteiger partial charge < -0.3 is 19.7 Å². The molecule has 3 aromatic rings. The number of para-hydroxylation sites is 3. The predicted molar refractivity (Wildman–Crippen MR) is 120 cm³/mol. The lowest BCUT2D eigenvalue weighted by molar-refractivity contribution is -0.132. The topological polar surface area (TPSA) is 67.9 Å². The largest absolute Gasteiger partial charge is 0.476 e. The molecule has 4 rings (SSSR count). The van der Waals surface area contributed by atoms with E-state index in [0.29, 0.717) is 22.9 Å². The zero-order valence-corrected chi connectivity index (χ0v) is 17.5. The van der Waals surface area contributed by atoms with Gasteiger partial charge in [-0.25, -0.2) is 0 Å². The summed E-state index contributed by atoms with van der Waals surface area (Å²) in [5.41, 5.74) is 0.376. The lowest BCUT2D eigenvalue weighted by Crippen LogP contribution is -2.53. The Kier molecular flexibility index (Phi) is 5.62. The maximum atomic E-state index is 12.8. The Hall–Kier alpha value is -3.80. The number of ether oxygens (including phenoxy) is 2. The van der Waals surface area contributed by atoms with Gasteiger partial charge in [0, 0.05) is 18.7 Å². The number of anilines is 2. The van der Waals surface area contributed by atoms with E-state index in [1.54, 1.807) is 43.0 Å². The van der Waals surface area contributed by atoms with E-state index in [-0.39, 0.29) is 24.8 Å². The molecular weight excluding hydrogens is 392 g/mol. The van der Waals surface area contributed by atoms with Crippen molar-refractivity contribution in [2.24, 2.45) is 0 Å². The zero-order chi connectivity index (χ0) is 21.8. The Balaban J connectivity index is 1.36. The molecule has 0 fully saturated rings. The summed E-state index contributed by atoms with van der Waals surface area (Å²) in [5.74, 6) is 1.73. The van der Waals surface area contributed by atoms with Gasteiger partial charge in [0.1, 0.15) is 17.2 Å². The molecule has 1 aliphatic heterocycles. The standard InChI is InChI=1S/C25H24N2O4/c1-25(2)24(29)27(21-10-6-7-11-22(21)31-25)17-16-23(28)26-18-12-14-20(15-13-18)30-19-8-4-3-5-9-19/h3-15H,16-17H2,1-2H3,(H,26,28). The van der Waals surface area contributed by atoms with Gasteiger partial charge in [0.25, 0.3) is 5.91 Å². The maximum Gasteiger partial charge on any atom is 0.270 e. The van der Waals surface area contributed by atoms with Crippen LogP contribution in [0.5, 0.6) is 17.2 Å². The van der Waals surface area contributed by atoms with Crippen LogP contribution in [0.2, 0.25) is 0 Å². The fourth-order valence-electron chi connectivity index (χ4n) is 3.41. The van der Waals surface area contributed by atoms with Crippen LogP contribution in [0.4, 0.5) is 11.4 Å². The maximum absolute atomic E-state index is 12.8. The lowest BCUT2D eigenvalue weighted by atomic mass is 10.0. The first-order valence-electron chi connectivity index (χ1n) is 10.2. The molecule has 3 aromatic carbocycles. The van der Waals surface area contributed by atoms with Crippen molar-refractivity contribution in [2.75, 3.05) is 16.8 Å². The molecule has 1 heterocycles. The van der Waals surface area contributed by atoms with E-state index < -0.39 is 5.60 Å². The van der Waals surface area contributed by atoms with Gasteiger partial charge in [0.05, 0.1) is 5.69 Å². The van der Waals surface area contributed by atoms with Crippen LogP contribution in [0, 0.1) is 0 Å². The molecule has 0 saturated heterocycles. The molecule has 0 saturated carbocycles.